The van der Waals surface area contributed by atoms with E-state index < -0.39 is 11.9 Å². The van der Waals surface area contributed by atoms with E-state index in [9.17, 15) is 15.0 Å². The normalized spacial score (nSPS) is 23.7. The lowest BCUT2D eigenvalue weighted by atomic mass is 10.1. The number of carbonyl (C=O) groups is 1. The van der Waals surface area contributed by atoms with Crippen molar-refractivity contribution in [3.05, 3.63) is 17.7 Å². The van der Waals surface area contributed by atoms with Crippen molar-refractivity contribution in [1.82, 2.24) is 0 Å². The lowest BCUT2D eigenvalue weighted by Gasteiger charge is -2.06. The molecule has 0 aliphatic heterocycles. The minimum Gasteiger partial charge on any atom is -0.508 e. The van der Waals surface area contributed by atoms with Crippen molar-refractivity contribution in [3.63, 3.8) is 0 Å². The van der Waals surface area contributed by atoms with Crippen molar-refractivity contribution in [3.8, 4) is 17.2 Å². The summed E-state index contributed by atoms with van der Waals surface area (Å²) in [5.41, 5.74) is 0.209. The van der Waals surface area contributed by atoms with Gasteiger partial charge in [0.25, 0.3) is 0 Å². The molecule has 2 unspecified atom stereocenters. The van der Waals surface area contributed by atoms with Crippen LogP contribution in [0.1, 0.15) is 17.9 Å². The Morgan fingerprint density at radius 3 is 2.13 bits per heavy atom. The maximum Gasteiger partial charge on any atom is 0.307 e. The van der Waals surface area contributed by atoms with Gasteiger partial charge in [-0.05, 0) is 6.42 Å². The summed E-state index contributed by atoms with van der Waals surface area (Å²) < 4.78 is 0. The van der Waals surface area contributed by atoms with Crippen molar-refractivity contribution >= 4 is 5.97 Å². The van der Waals surface area contributed by atoms with Crippen LogP contribution in [0.2, 0.25) is 0 Å². The molecule has 0 aromatic heterocycles. The molecular formula is C10H10O5. The van der Waals surface area contributed by atoms with Crippen LogP contribution < -0.4 is 0 Å². The van der Waals surface area contributed by atoms with Gasteiger partial charge in [0, 0.05) is 23.6 Å². The molecule has 2 atom stereocenters. The van der Waals surface area contributed by atoms with Crippen molar-refractivity contribution < 1.29 is 25.2 Å². The molecule has 1 fully saturated rings. The highest BCUT2D eigenvalue weighted by molar-refractivity contribution is 5.76. The number of carboxylic acids is 1. The Morgan fingerprint density at radius 1 is 1.20 bits per heavy atom. The summed E-state index contributed by atoms with van der Waals surface area (Å²) in [6.45, 7) is 0. The fourth-order valence-corrected chi connectivity index (χ4v) is 1.78. The van der Waals surface area contributed by atoms with Gasteiger partial charge in [-0.3, -0.25) is 4.79 Å². The zero-order chi connectivity index (χ0) is 11.2. The van der Waals surface area contributed by atoms with Gasteiger partial charge in [-0.2, -0.15) is 0 Å². The molecule has 0 spiro atoms. The van der Waals surface area contributed by atoms with Gasteiger partial charge in [0.05, 0.1) is 5.92 Å². The minimum atomic E-state index is -0.938. The second-order valence-electron chi connectivity index (χ2n) is 3.68. The predicted octanol–water partition coefficient (Wildman–Crippen LogP) is 0.991. The number of rotatable bonds is 2. The van der Waals surface area contributed by atoms with E-state index in [1.807, 2.05) is 0 Å². The van der Waals surface area contributed by atoms with Crippen LogP contribution in [0.25, 0.3) is 0 Å². The second kappa shape index (κ2) is 3.05. The van der Waals surface area contributed by atoms with Crippen LogP contribution in [0, 0.1) is 5.92 Å². The lowest BCUT2D eigenvalue weighted by molar-refractivity contribution is -0.138. The number of phenolic OH excluding ortho intramolecular Hbond substituents is 3. The molecule has 0 radical (unpaired) electrons. The van der Waals surface area contributed by atoms with E-state index >= 15 is 0 Å². The maximum absolute atomic E-state index is 10.6. The first-order valence-electron chi connectivity index (χ1n) is 4.48. The molecular weight excluding hydrogens is 200 g/mol. The van der Waals surface area contributed by atoms with Gasteiger partial charge >= 0.3 is 5.97 Å². The average Bonchev–Trinajstić information content (AvgIpc) is 2.81. The molecule has 1 aromatic carbocycles. The Kier molecular flexibility index (Phi) is 1.96. The summed E-state index contributed by atoms with van der Waals surface area (Å²) in [6.07, 6.45) is 0.404. The molecule has 1 aliphatic rings. The van der Waals surface area contributed by atoms with E-state index in [-0.39, 0.29) is 28.7 Å². The van der Waals surface area contributed by atoms with E-state index in [0.717, 1.165) is 12.1 Å². The first-order valence-corrected chi connectivity index (χ1v) is 4.48. The fraction of sp³-hybridized carbons (Fsp3) is 0.300. The van der Waals surface area contributed by atoms with Gasteiger partial charge in [0.1, 0.15) is 17.2 Å². The second-order valence-corrected chi connectivity index (χ2v) is 3.68. The Balaban J connectivity index is 2.34. The van der Waals surface area contributed by atoms with Crippen LogP contribution in [0.4, 0.5) is 0 Å². The van der Waals surface area contributed by atoms with Gasteiger partial charge in [0.2, 0.25) is 0 Å². The van der Waals surface area contributed by atoms with Crippen molar-refractivity contribution in [2.75, 3.05) is 0 Å². The molecule has 80 valence electrons. The zero-order valence-corrected chi connectivity index (χ0v) is 7.71. The Hall–Kier alpha value is -1.91. The summed E-state index contributed by atoms with van der Waals surface area (Å²) >= 11 is 0. The van der Waals surface area contributed by atoms with Gasteiger partial charge < -0.3 is 20.4 Å². The smallest absolute Gasteiger partial charge is 0.307 e. The molecule has 5 heteroatoms. The van der Waals surface area contributed by atoms with E-state index in [0.29, 0.717) is 6.42 Å². The Bertz CT molecular complexity index is 403. The van der Waals surface area contributed by atoms with Crippen LogP contribution in [0.15, 0.2) is 12.1 Å². The molecule has 15 heavy (non-hydrogen) atoms. The predicted molar refractivity (Wildman–Crippen MR) is 49.9 cm³/mol. The monoisotopic (exact) mass is 210 g/mol. The van der Waals surface area contributed by atoms with Gasteiger partial charge in [0.15, 0.2) is 0 Å². The fourth-order valence-electron chi connectivity index (χ4n) is 1.78. The van der Waals surface area contributed by atoms with E-state index in [1.54, 1.807) is 0 Å². The number of phenols is 3. The molecule has 0 bridgehead atoms. The molecule has 0 heterocycles. The third kappa shape index (κ3) is 1.56. The maximum atomic E-state index is 10.6. The molecule has 0 saturated heterocycles. The summed E-state index contributed by atoms with van der Waals surface area (Å²) in [7, 11) is 0. The topological polar surface area (TPSA) is 98.0 Å². The minimum absolute atomic E-state index is 0.209. The van der Waals surface area contributed by atoms with E-state index in [2.05, 4.69) is 0 Å². The largest absolute Gasteiger partial charge is 0.508 e. The highest BCUT2D eigenvalue weighted by Gasteiger charge is 2.46. The molecule has 2 rings (SSSR count). The van der Waals surface area contributed by atoms with Crippen molar-refractivity contribution in [2.45, 2.75) is 12.3 Å². The zero-order valence-electron chi connectivity index (χ0n) is 7.71. The standard InChI is InChI=1S/C10H10O5/c11-4-1-7(12)9(8(13)2-4)5-3-6(5)10(14)15/h1-2,5-6,11-13H,3H2,(H,14,15). The third-order valence-electron chi connectivity index (χ3n) is 2.60. The van der Waals surface area contributed by atoms with Crippen LogP contribution in [0.3, 0.4) is 0 Å². The van der Waals surface area contributed by atoms with Gasteiger partial charge in [-0.25, -0.2) is 0 Å². The molecule has 1 aliphatic carbocycles. The number of aromatic hydroxyl groups is 3. The third-order valence-corrected chi connectivity index (χ3v) is 2.60. The summed E-state index contributed by atoms with van der Waals surface area (Å²) in [4.78, 5) is 10.6. The van der Waals surface area contributed by atoms with E-state index in [1.165, 1.54) is 0 Å². The van der Waals surface area contributed by atoms with Crippen LogP contribution >= 0.6 is 0 Å². The molecule has 5 nitrogen and oxygen atoms in total. The first kappa shape index (κ1) is 9.64. The number of benzene rings is 1. The molecule has 0 amide bonds. The summed E-state index contributed by atoms with van der Waals surface area (Å²) in [5.74, 6) is -2.62. The summed E-state index contributed by atoms with van der Waals surface area (Å²) in [5, 5.41) is 36.7. The quantitative estimate of drug-likeness (QED) is 0.583. The van der Waals surface area contributed by atoms with Crippen molar-refractivity contribution in [2.24, 2.45) is 5.92 Å². The first-order chi connectivity index (χ1) is 7.00. The van der Waals surface area contributed by atoms with Crippen LogP contribution in [-0.2, 0) is 4.79 Å². The van der Waals surface area contributed by atoms with Crippen molar-refractivity contribution in [1.29, 1.82) is 0 Å². The number of carboxylic acid groups (broad SMARTS) is 1. The highest BCUT2D eigenvalue weighted by atomic mass is 16.4. The lowest BCUT2D eigenvalue weighted by Crippen LogP contribution is -1.99. The Labute approximate surface area is 85.2 Å². The molecule has 1 saturated carbocycles. The Morgan fingerprint density at radius 2 is 1.73 bits per heavy atom. The molecule has 1 aromatic rings. The summed E-state index contributed by atoms with van der Waals surface area (Å²) in [6, 6.07) is 2.18. The molecule has 4 N–H and O–H groups in total. The van der Waals surface area contributed by atoms with Gasteiger partial charge in [-0.15, -0.1) is 0 Å². The van der Waals surface area contributed by atoms with Crippen LogP contribution in [0.5, 0.6) is 17.2 Å². The SMILES string of the molecule is O=C(O)C1CC1c1c(O)cc(O)cc1O. The number of hydrogen-bond donors (Lipinski definition) is 4. The number of hydrogen-bond acceptors (Lipinski definition) is 4. The van der Waals surface area contributed by atoms with E-state index in [4.69, 9.17) is 10.2 Å². The highest BCUT2D eigenvalue weighted by Crippen LogP contribution is 2.53. The number of aliphatic carboxylic acids is 1. The van der Waals surface area contributed by atoms with Gasteiger partial charge in [-0.1, -0.05) is 0 Å². The average molecular weight is 210 g/mol. The van der Waals surface area contributed by atoms with Crippen LogP contribution in [-0.4, -0.2) is 26.4 Å².